The first-order valence-electron chi connectivity index (χ1n) is 8.66. The van der Waals surface area contributed by atoms with E-state index in [1.807, 2.05) is 11.7 Å². The Morgan fingerprint density at radius 1 is 1.25 bits per heavy atom. The Kier molecular flexibility index (Phi) is 15.8. The van der Waals surface area contributed by atoms with E-state index >= 15 is 0 Å². The van der Waals surface area contributed by atoms with Gasteiger partial charge in [-0.05, 0) is 57.4 Å². The highest BCUT2D eigenvalue weighted by atomic mass is 32.2. The van der Waals surface area contributed by atoms with Gasteiger partial charge in [0.15, 0.2) is 0 Å². The average molecular weight is 348 g/mol. The summed E-state index contributed by atoms with van der Waals surface area (Å²) >= 11 is 1.62. The monoisotopic (exact) mass is 347 g/mol. The van der Waals surface area contributed by atoms with Gasteiger partial charge in [0.2, 0.25) is 0 Å². The Morgan fingerprint density at radius 3 is 2.71 bits per heavy atom. The van der Waals surface area contributed by atoms with Crippen molar-refractivity contribution in [1.29, 1.82) is 0 Å². The molecule has 24 heavy (non-hydrogen) atoms. The van der Waals surface area contributed by atoms with Crippen LogP contribution in [0.1, 0.15) is 46.5 Å². The maximum absolute atomic E-state index is 8.79. The lowest BCUT2D eigenvalue weighted by molar-refractivity contribution is 0.350. The van der Waals surface area contributed by atoms with Crippen LogP contribution in [0, 0.1) is 11.8 Å². The molecule has 0 unspecified atom stereocenters. The normalized spacial score (nSPS) is 13.3. The van der Waals surface area contributed by atoms with Crippen LogP contribution in [0.3, 0.4) is 0 Å². The second kappa shape index (κ2) is 16.6. The molecule has 2 nitrogen and oxygen atoms in total. The quantitative estimate of drug-likeness (QED) is 0.318. The van der Waals surface area contributed by atoms with E-state index in [1.165, 1.54) is 17.6 Å². The lowest BCUT2D eigenvalue weighted by Crippen LogP contribution is -2.17. The summed E-state index contributed by atoms with van der Waals surface area (Å²) in [6.07, 6.45) is 15.4. The minimum atomic E-state index is -0.0998. The Morgan fingerprint density at radius 2 is 2.04 bits per heavy atom. The zero-order chi connectivity index (χ0) is 18.0. The zero-order valence-electron chi connectivity index (χ0n) is 15.7. The number of thioether (sulfide) groups is 1. The van der Waals surface area contributed by atoms with Gasteiger partial charge in [0.1, 0.15) is 6.61 Å². The lowest BCUT2D eigenvalue weighted by Gasteiger charge is -2.05. The van der Waals surface area contributed by atoms with Crippen LogP contribution in [-0.4, -0.2) is 31.1 Å². The minimum absolute atomic E-state index is 0.0998. The van der Waals surface area contributed by atoms with Gasteiger partial charge in [0, 0.05) is 12.1 Å². The van der Waals surface area contributed by atoms with Crippen LogP contribution in [0.15, 0.2) is 46.4 Å². The van der Waals surface area contributed by atoms with E-state index in [4.69, 9.17) is 5.11 Å². The Hall–Kier alpha value is -1.21. The van der Waals surface area contributed by atoms with Crippen molar-refractivity contribution in [3.8, 4) is 11.8 Å². The first-order valence-corrected chi connectivity index (χ1v) is 9.95. The summed E-state index contributed by atoms with van der Waals surface area (Å²) < 4.78 is 0. The van der Waals surface area contributed by atoms with Crippen molar-refractivity contribution in [3.05, 3.63) is 46.4 Å². The fourth-order valence-electron chi connectivity index (χ4n) is 2.04. The molecule has 0 atom stereocenters. The molecular formula is C21H33NOS. The van der Waals surface area contributed by atoms with Crippen molar-refractivity contribution >= 4 is 11.8 Å². The number of unbranched alkanes of at least 4 members (excludes halogenated alkanes) is 1. The Bertz CT molecular complexity index is 504. The van der Waals surface area contributed by atoms with Crippen LogP contribution in [0.4, 0.5) is 0 Å². The third-order valence-corrected chi connectivity index (χ3v) is 3.75. The molecule has 0 saturated carbocycles. The molecule has 0 aromatic heterocycles. The molecule has 0 amide bonds. The van der Waals surface area contributed by atoms with Gasteiger partial charge in [-0.2, -0.15) is 0 Å². The molecule has 134 valence electrons. The van der Waals surface area contributed by atoms with Gasteiger partial charge >= 0.3 is 0 Å². The molecule has 0 aliphatic carbocycles. The van der Waals surface area contributed by atoms with Gasteiger partial charge in [-0.15, -0.1) is 11.8 Å². The van der Waals surface area contributed by atoms with Crippen LogP contribution >= 0.6 is 11.8 Å². The molecule has 3 heteroatoms. The van der Waals surface area contributed by atoms with E-state index in [0.29, 0.717) is 0 Å². The summed E-state index contributed by atoms with van der Waals surface area (Å²) in [4.78, 5) is 0. The molecule has 0 rings (SSSR count). The number of hydrogen-bond acceptors (Lipinski definition) is 3. The fourth-order valence-corrected chi connectivity index (χ4v) is 2.42. The van der Waals surface area contributed by atoms with Gasteiger partial charge in [0.05, 0.1) is 0 Å². The molecule has 0 aliphatic heterocycles. The predicted octanol–water partition coefficient (Wildman–Crippen LogP) is 4.85. The third-order valence-electron chi connectivity index (χ3n) is 3.26. The number of nitrogens with one attached hydrogen (secondary N) is 1. The number of allylic oxidation sites excluding steroid dienone is 6. The van der Waals surface area contributed by atoms with Gasteiger partial charge < -0.3 is 10.4 Å². The molecular weight excluding hydrogens is 314 g/mol. The smallest absolute Gasteiger partial charge is 0.104 e. The molecule has 0 bridgehead atoms. The molecule has 0 aromatic carbocycles. The molecule has 0 radical (unpaired) electrons. The van der Waals surface area contributed by atoms with Gasteiger partial charge in [-0.25, -0.2) is 0 Å². The van der Waals surface area contributed by atoms with E-state index in [1.54, 1.807) is 11.8 Å². The fraction of sp³-hybridized carbons (Fsp3) is 0.524. The van der Waals surface area contributed by atoms with Crippen molar-refractivity contribution in [2.24, 2.45) is 0 Å². The third kappa shape index (κ3) is 14.4. The van der Waals surface area contributed by atoms with Crippen molar-refractivity contribution in [2.45, 2.75) is 46.5 Å². The van der Waals surface area contributed by atoms with Crippen LogP contribution in [0.25, 0.3) is 0 Å². The van der Waals surface area contributed by atoms with E-state index < -0.39 is 0 Å². The summed E-state index contributed by atoms with van der Waals surface area (Å²) in [5.41, 5.74) is 3.63. The molecule has 0 spiro atoms. The number of aliphatic hydroxyl groups excluding tert-OH is 1. The van der Waals surface area contributed by atoms with Crippen molar-refractivity contribution in [1.82, 2.24) is 5.32 Å². The van der Waals surface area contributed by atoms with Crippen LogP contribution in [-0.2, 0) is 0 Å². The highest BCUT2D eigenvalue weighted by molar-refractivity contribution is 8.01. The molecule has 0 heterocycles. The van der Waals surface area contributed by atoms with Gasteiger partial charge in [0.25, 0.3) is 0 Å². The van der Waals surface area contributed by atoms with Crippen molar-refractivity contribution in [3.63, 3.8) is 0 Å². The molecule has 0 saturated heterocycles. The summed E-state index contributed by atoms with van der Waals surface area (Å²) in [5.74, 6) is 5.67. The Balaban J connectivity index is 4.09. The van der Waals surface area contributed by atoms with Gasteiger partial charge in [-0.3, -0.25) is 0 Å². The van der Waals surface area contributed by atoms with E-state index in [-0.39, 0.29) is 6.61 Å². The number of rotatable bonds is 11. The second-order valence-electron chi connectivity index (χ2n) is 5.77. The summed E-state index contributed by atoms with van der Waals surface area (Å²) in [7, 11) is 0. The number of aliphatic hydroxyl groups is 1. The van der Waals surface area contributed by atoms with Crippen molar-refractivity contribution < 1.29 is 5.11 Å². The highest BCUT2D eigenvalue weighted by Crippen LogP contribution is 2.07. The molecule has 0 aromatic rings. The van der Waals surface area contributed by atoms with Crippen LogP contribution in [0.2, 0.25) is 0 Å². The van der Waals surface area contributed by atoms with E-state index in [2.05, 4.69) is 62.2 Å². The minimum Gasteiger partial charge on any atom is -0.384 e. The standard InChI is InChI=1S/C21H33NOS/c1-5-6-7-8-11-19(2)12-9-14-22-17-20(3)16-21(18-24-4)13-10-15-23/h7-8,11,16,18,22-23H,5-6,9,12,14-15,17H2,1-4H3/b8-7?,19-11+,20-16+,21-18-. The maximum atomic E-state index is 8.79. The topological polar surface area (TPSA) is 32.3 Å². The maximum Gasteiger partial charge on any atom is 0.104 e. The SMILES string of the molecule is CCCC=C/C=C(\C)CCCNC/C(C)=C/C(C#CCO)=C\SC. The number of hydrogen-bond donors (Lipinski definition) is 2. The summed E-state index contributed by atoms with van der Waals surface area (Å²) in [5, 5.41) is 14.3. The van der Waals surface area contributed by atoms with E-state index in [9.17, 15) is 0 Å². The van der Waals surface area contributed by atoms with E-state index in [0.717, 1.165) is 37.9 Å². The summed E-state index contributed by atoms with van der Waals surface area (Å²) in [6.45, 7) is 8.27. The van der Waals surface area contributed by atoms with Crippen LogP contribution < -0.4 is 5.32 Å². The summed E-state index contributed by atoms with van der Waals surface area (Å²) in [6, 6.07) is 0. The predicted molar refractivity (Wildman–Crippen MR) is 110 cm³/mol. The lowest BCUT2D eigenvalue weighted by atomic mass is 10.1. The molecule has 0 aliphatic rings. The molecule has 2 N–H and O–H groups in total. The average Bonchev–Trinajstić information content (AvgIpc) is 2.56. The largest absolute Gasteiger partial charge is 0.384 e. The van der Waals surface area contributed by atoms with Crippen molar-refractivity contribution in [2.75, 3.05) is 26.0 Å². The van der Waals surface area contributed by atoms with Gasteiger partial charge in [-0.1, -0.05) is 54.6 Å². The highest BCUT2D eigenvalue weighted by Gasteiger charge is 1.94. The second-order valence-corrected chi connectivity index (χ2v) is 6.48. The first-order chi connectivity index (χ1) is 11.6. The molecule has 0 fully saturated rings. The Labute approximate surface area is 153 Å². The van der Waals surface area contributed by atoms with Crippen LogP contribution in [0.5, 0.6) is 0 Å². The first kappa shape index (κ1) is 22.8. The zero-order valence-corrected chi connectivity index (χ0v) is 16.5.